The van der Waals surface area contributed by atoms with Crippen LogP contribution in [0, 0.1) is 5.92 Å². The van der Waals surface area contributed by atoms with Crippen LogP contribution < -0.4 is 5.32 Å². The second kappa shape index (κ2) is 8.95. The highest BCUT2D eigenvalue weighted by atomic mass is 16.5. The summed E-state index contributed by atoms with van der Waals surface area (Å²) in [6.45, 7) is 3.02. The standard InChI is InChI=1S/C11H22N2O4/c1-9(11(15)12-2)7-13(3)10(14)8-17-6-5-16-4/h9H,5-8H2,1-4H3,(H,12,15). The molecule has 0 fully saturated rings. The van der Waals surface area contributed by atoms with Crippen LogP contribution in [0.4, 0.5) is 0 Å². The first-order chi connectivity index (χ1) is 8.02. The summed E-state index contributed by atoms with van der Waals surface area (Å²) in [5.41, 5.74) is 0. The maximum Gasteiger partial charge on any atom is 0.248 e. The molecule has 2 amide bonds. The highest BCUT2D eigenvalue weighted by Crippen LogP contribution is 1.98. The van der Waals surface area contributed by atoms with Gasteiger partial charge in [0.05, 0.1) is 19.1 Å². The van der Waals surface area contributed by atoms with E-state index in [1.807, 2.05) is 0 Å². The number of ether oxygens (including phenoxy) is 2. The van der Waals surface area contributed by atoms with Gasteiger partial charge in [-0.15, -0.1) is 0 Å². The molecule has 100 valence electrons. The molecule has 6 heteroatoms. The van der Waals surface area contributed by atoms with Gasteiger partial charge in [-0.25, -0.2) is 0 Å². The topological polar surface area (TPSA) is 67.9 Å². The lowest BCUT2D eigenvalue weighted by Gasteiger charge is -2.20. The Morgan fingerprint density at radius 3 is 2.53 bits per heavy atom. The van der Waals surface area contributed by atoms with E-state index in [9.17, 15) is 9.59 Å². The highest BCUT2D eigenvalue weighted by Gasteiger charge is 2.16. The van der Waals surface area contributed by atoms with Gasteiger partial charge < -0.3 is 19.7 Å². The molecule has 0 spiro atoms. The Hall–Kier alpha value is -1.14. The van der Waals surface area contributed by atoms with Gasteiger partial charge in [-0.3, -0.25) is 9.59 Å². The van der Waals surface area contributed by atoms with Crippen LogP contribution in [0.3, 0.4) is 0 Å². The number of nitrogens with one attached hydrogen (secondary N) is 1. The van der Waals surface area contributed by atoms with Crippen molar-refractivity contribution >= 4 is 11.8 Å². The molecule has 0 bridgehead atoms. The van der Waals surface area contributed by atoms with E-state index in [-0.39, 0.29) is 24.3 Å². The SMILES string of the molecule is CNC(=O)C(C)CN(C)C(=O)COCCOC. The Balaban J connectivity index is 3.84. The fourth-order valence-electron chi connectivity index (χ4n) is 1.25. The van der Waals surface area contributed by atoms with Crippen LogP contribution in [0.2, 0.25) is 0 Å². The Kier molecular flexibility index (Phi) is 8.35. The van der Waals surface area contributed by atoms with Crippen LogP contribution >= 0.6 is 0 Å². The van der Waals surface area contributed by atoms with Crippen molar-refractivity contribution in [2.75, 3.05) is 47.6 Å². The summed E-state index contributed by atoms with van der Waals surface area (Å²) in [5.74, 6) is -0.449. The van der Waals surface area contributed by atoms with Crippen molar-refractivity contribution in [2.24, 2.45) is 5.92 Å². The summed E-state index contributed by atoms with van der Waals surface area (Å²) in [5, 5.41) is 2.54. The zero-order valence-corrected chi connectivity index (χ0v) is 11.0. The molecule has 0 aliphatic carbocycles. The first-order valence-electron chi connectivity index (χ1n) is 5.55. The third kappa shape index (κ3) is 6.91. The molecule has 6 nitrogen and oxygen atoms in total. The number of nitrogens with zero attached hydrogens (tertiary/aromatic N) is 1. The first kappa shape index (κ1) is 15.9. The van der Waals surface area contributed by atoms with Crippen LogP contribution in [-0.4, -0.2) is 64.3 Å². The number of carbonyl (C=O) groups excluding carboxylic acids is 2. The second-order valence-corrected chi connectivity index (χ2v) is 3.83. The molecule has 0 saturated heterocycles. The fourth-order valence-corrected chi connectivity index (χ4v) is 1.25. The molecule has 0 aromatic heterocycles. The van der Waals surface area contributed by atoms with Gasteiger partial charge in [0.1, 0.15) is 6.61 Å². The van der Waals surface area contributed by atoms with E-state index in [0.717, 1.165) is 0 Å². The van der Waals surface area contributed by atoms with Gasteiger partial charge in [0.25, 0.3) is 0 Å². The lowest BCUT2D eigenvalue weighted by molar-refractivity contribution is -0.136. The Labute approximate surface area is 102 Å². The summed E-state index contributed by atoms with van der Waals surface area (Å²) in [6.07, 6.45) is 0. The molecule has 17 heavy (non-hydrogen) atoms. The number of methoxy groups -OCH3 is 1. The first-order valence-corrected chi connectivity index (χ1v) is 5.55. The molecule has 0 aliphatic rings. The summed E-state index contributed by atoms with van der Waals surface area (Å²) in [4.78, 5) is 24.3. The normalized spacial score (nSPS) is 12.0. The Morgan fingerprint density at radius 2 is 2.00 bits per heavy atom. The van der Waals surface area contributed by atoms with Crippen LogP contribution in [0.25, 0.3) is 0 Å². The van der Waals surface area contributed by atoms with Crippen LogP contribution in [-0.2, 0) is 19.1 Å². The third-order valence-corrected chi connectivity index (χ3v) is 2.32. The Bertz CT molecular complexity index is 246. The van der Waals surface area contributed by atoms with Gasteiger partial charge in [0.2, 0.25) is 11.8 Å². The molecule has 1 atom stereocenters. The third-order valence-electron chi connectivity index (χ3n) is 2.32. The summed E-state index contributed by atoms with van der Waals surface area (Å²) in [6, 6.07) is 0. The van der Waals surface area contributed by atoms with Gasteiger partial charge in [-0.2, -0.15) is 0 Å². The maximum atomic E-state index is 11.6. The van der Waals surface area contributed by atoms with E-state index < -0.39 is 0 Å². The quantitative estimate of drug-likeness (QED) is 0.586. The minimum absolute atomic E-state index is 0.0142. The van der Waals surface area contributed by atoms with E-state index >= 15 is 0 Å². The van der Waals surface area contributed by atoms with Gasteiger partial charge in [-0.1, -0.05) is 6.92 Å². The van der Waals surface area contributed by atoms with E-state index in [1.165, 1.54) is 4.90 Å². The minimum atomic E-state index is -0.229. The van der Waals surface area contributed by atoms with Gasteiger partial charge in [-0.05, 0) is 0 Å². The van der Waals surface area contributed by atoms with E-state index in [1.54, 1.807) is 28.1 Å². The predicted molar refractivity (Wildman–Crippen MR) is 63.6 cm³/mol. The van der Waals surface area contributed by atoms with Crippen LogP contribution in [0.5, 0.6) is 0 Å². The number of rotatable bonds is 8. The lowest BCUT2D eigenvalue weighted by atomic mass is 10.1. The van der Waals surface area contributed by atoms with E-state index in [4.69, 9.17) is 9.47 Å². The van der Waals surface area contributed by atoms with Crippen LogP contribution in [0.15, 0.2) is 0 Å². The van der Waals surface area contributed by atoms with Crippen LogP contribution in [0.1, 0.15) is 6.92 Å². The molecule has 0 radical (unpaired) electrons. The molecule has 0 saturated carbocycles. The van der Waals surface area contributed by atoms with Crippen molar-refractivity contribution in [2.45, 2.75) is 6.92 Å². The number of carbonyl (C=O) groups is 2. The molecule has 0 rings (SSSR count). The number of likely N-dealkylation sites (N-methyl/N-ethyl adjacent to an activating group) is 1. The lowest BCUT2D eigenvalue weighted by Crippen LogP contribution is -2.39. The molecule has 0 heterocycles. The number of hydrogen-bond donors (Lipinski definition) is 1. The molecule has 0 aromatic carbocycles. The van der Waals surface area contributed by atoms with E-state index in [2.05, 4.69) is 5.32 Å². The minimum Gasteiger partial charge on any atom is -0.382 e. The van der Waals surface area contributed by atoms with Crippen molar-refractivity contribution < 1.29 is 19.1 Å². The maximum absolute atomic E-state index is 11.6. The number of amides is 2. The molecular weight excluding hydrogens is 224 g/mol. The van der Waals surface area contributed by atoms with Crippen molar-refractivity contribution in [3.63, 3.8) is 0 Å². The molecular formula is C11H22N2O4. The largest absolute Gasteiger partial charge is 0.382 e. The van der Waals surface area contributed by atoms with Crippen molar-refractivity contribution in [1.29, 1.82) is 0 Å². The average molecular weight is 246 g/mol. The Morgan fingerprint density at radius 1 is 1.35 bits per heavy atom. The zero-order chi connectivity index (χ0) is 13.3. The molecule has 1 unspecified atom stereocenters. The van der Waals surface area contributed by atoms with Gasteiger partial charge >= 0.3 is 0 Å². The predicted octanol–water partition coefficient (Wildman–Crippen LogP) is -0.510. The fraction of sp³-hybridized carbons (Fsp3) is 0.818. The molecule has 1 N–H and O–H groups in total. The average Bonchev–Trinajstić information content (AvgIpc) is 2.32. The molecule has 0 aliphatic heterocycles. The smallest absolute Gasteiger partial charge is 0.248 e. The van der Waals surface area contributed by atoms with Gasteiger partial charge in [0, 0.05) is 27.7 Å². The number of hydrogen-bond acceptors (Lipinski definition) is 4. The monoisotopic (exact) mass is 246 g/mol. The second-order valence-electron chi connectivity index (χ2n) is 3.83. The summed E-state index contributed by atoms with van der Waals surface area (Å²) in [7, 11) is 4.80. The van der Waals surface area contributed by atoms with Crippen molar-refractivity contribution in [3.8, 4) is 0 Å². The summed E-state index contributed by atoms with van der Waals surface area (Å²) >= 11 is 0. The zero-order valence-electron chi connectivity index (χ0n) is 11.0. The van der Waals surface area contributed by atoms with E-state index in [0.29, 0.717) is 19.8 Å². The van der Waals surface area contributed by atoms with Crippen molar-refractivity contribution in [1.82, 2.24) is 10.2 Å². The van der Waals surface area contributed by atoms with Gasteiger partial charge in [0.15, 0.2) is 0 Å². The highest BCUT2D eigenvalue weighted by molar-refractivity contribution is 5.80. The molecule has 0 aromatic rings. The summed E-state index contributed by atoms with van der Waals surface area (Å²) < 4.78 is 9.90. The van der Waals surface area contributed by atoms with Crippen molar-refractivity contribution in [3.05, 3.63) is 0 Å².